The Kier molecular flexibility index (Phi) is 3.35. The van der Waals surface area contributed by atoms with E-state index in [4.69, 9.17) is 4.74 Å². The third kappa shape index (κ3) is 2.17. The Morgan fingerprint density at radius 3 is 2.79 bits per heavy atom. The molecule has 1 atom stereocenters. The molecule has 78 valence electrons. The highest BCUT2D eigenvalue weighted by Crippen LogP contribution is 2.10. The van der Waals surface area contributed by atoms with Gasteiger partial charge < -0.3 is 9.72 Å². The average molecular weight is 200 g/mol. The number of H-pyrrole nitrogens is 1. The Balaban J connectivity index is 3.06. The van der Waals surface area contributed by atoms with Crippen molar-refractivity contribution in [2.24, 2.45) is 0 Å². The molecule has 0 fully saturated rings. The summed E-state index contributed by atoms with van der Waals surface area (Å²) in [6.07, 6.45) is -0.327. The quantitative estimate of drug-likeness (QED) is 0.800. The highest BCUT2D eigenvalue weighted by molar-refractivity contribution is 5.04. The molecule has 1 aromatic heterocycles. The zero-order valence-corrected chi connectivity index (χ0v) is 8.43. The molecule has 0 spiro atoms. The van der Waals surface area contributed by atoms with E-state index in [9.17, 15) is 9.18 Å². The second-order valence-corrected chi connectivity index (χ2v) is 2.95. The minimum atomic E-state index is -0.836. The number of nitrogens with one attached hydrogen (secondary N) is 1. The molecule has 0 aliphatic carbocycles. The molecule has 0 saturated heterocycles. The maximum absolute atomic E-state index is 12.9. The topological polar surface area (TPSA) is 55.0 Å². The fraction of sp³-hybridized carbons (Fsp3) is 0.556. The first-order valence-corrected chi connectivity index (χ1v) is 4.44. The molecule has 1 N–H and O–H groups in total. The summed E-state index contributed by atoms with van der Waals surface area (Å²) < 4.78 is 18.1. The van der Waals surface area contributed by atoms with E-state index < -0.39 is 11.4 Å². The number of hydrogen-bond acceptors (Lipinski definition) is 3. The summed E-state index contributed by atoms with van der Waals surface area (Å²) >= 11 is 0. The van der Waals surface area contributed by atoms with Crippen LogP contribution in [0.3, 0.4) is 0 Å². The van der Waals surface area contributed by atoms with Crippen molar-refractivity contribution in [3.63, 3.8) is 0 Å². The van der Waals surface area contributed by atoms with Crippen molar-refractivity contribution in [3.05, 3.63) is 27.7 Å². The van der Waals surface area contributed by atoms with E-state index in [2.05, 4.69) is 9.97 Å². The van der Waals surface area contributed by atoms with Gasteiger partial charge in [-0.1, -0.05) is 0 Å². The SMILES string of the molecule is CCOC(C)c1nc(C)c(F)c(=O)[nH]1. The highest BCUT2D eigenvalue weighted by atomic mass is 19.1. The van der Waals surface area contributed by atoms with Crippen LogP contribution in [0.2, 0.25) is 0 Å². The number of aromatic nitrogens is 2. The van der Waals surface area contributed by atoms with Gasteiger partial charge in [-0.15, -0.1) is 0 Å². The van der Waals surface area contributed by atoms with Gasteiger partial charge in [-0.05, 0) is 20.8 Å². The Labute approximate surface area is 81.1 Å². The largest absolute Gasteiger partial charge is 0.371 e. The minimum absolute atomic E-state index is 0.0929. The number of hydrogen-bond donors (Lipinski definition) is 1. The van der Waals surface area contributed by atoms with Gasteiger partial charge in [0.05, 0.1) is 5.69 Å². The van der Waals surface area contributed by atoms with Crippen molar-refractivity contribution in [1.29, 1.82) is 0 Å². The van der Waals surface area contributed by atoms with Crippen molar-refractivity contribution in [1.82, 2.24) is 9.97 Å². The second kappa shape index (κ2) is 4.32. The molecule has 1 rings (SSSR count). The lowest BCUT2D eigenvalue weighted by Crippen LogP contribution is -2.19. The Morgan fingerprint density at radius 2 is 2.29 bits per heavy atom. The number of ether oxygens (including phenoxy) is 1. The van der Waals surface area contributed by atoms with E-state index >= 15 is 0 Å². The van der Waals surface area contributed by atoms with Gasteiger partial charge in [-0.3, -0.25) is 4.79 Å². The molecule has 0 amide bonds. The van der Waals surface area contributed by atoms with E-state index in [0.717, 1.165) is 0 Å². The molecule has 14 heavy (non-hydrogen) atoms. The summed E-state index contributed by atoms with van der Waals surface area (Å²) in [6.45, 7) is 5.55. The molecular formula is C9H13FN2O2. The Bertz CT molecular complexity index is 376. The summed E-state index contributed by atoms with van der Waals surface area (Å²) in [4.78, 5) is 17.3. The fourth-order valence-corrected chi connectivity index (χ4v) is 1.11. The van der Waals surface area contributed by atoms with Gasteiger partial charge in [0.25, 0.3) is 5.56 Å². The van der Waals surface area contributed by atoms with Gasteiger partial charge in [-0.2, -0.15) is 4.39 Å². The molecule has 1 heterocycles. The standard InChI is InChI=1S/C9H13FN2O2/c1-4-14-6(3)8-11-5(2)7(10)9(13)12-8/h6H,4H2,1-3H3,(H,11,12,13). The van der Waals surface area contributed by atoms with Gasteiger partial charge in [0.1, 0.15) is 11.9 Å². The molecule has 0 aromatic carbocycles. The van der Waals surface area contributed by atoms with E-state index in [1.807, 2.05) is 6.92 Å². The minimum Gasteiger partial charge on any atom is -0.371 e. The van der Waals surface area contributed by atoms with Crippen LogP contribution in [0.5, 0.6) is 0 Å². The zero-order valence-electron chi connectivity index (χ0n) is 8.43. The van der Waals surface area contributed by atoms with Crippen LogP contribution >= 0.6 is 0 Å². The number of aryl methyl sites for hydroxylation is 1. The van der Waals surface area contributed by atoms with Gasteiger partial charge in [0.15, 0.2) is 0 Å². The predicted molar refractivity (Wildman–Crippen MR) is 49.6 cm³/mol. The Hall–Kier alpha value is -1.23. The molecule has 0 saturated carbocycles. The number of aromatic amines is 1. The summed E-state index contributed by atoms with van der Waals surface area (Å²) in [7, 11) is 0. The summed E-state index contributed by atoms with van der Waals surface area (Å²) in [6, 6.07) is 0. The monoisotopic (exact) mass is 200 g/mol. The van der Waals surface area contributed by atoms with Crippen molar-refractivity contribution >= 4 is 0 Å². The first-order chi connectivity index (χ1) is 6.56. The van der Waals surface area contributed by atoms with Crippen LogP contribution in [-0.4, -0.2) is 16.6 Å². The second-order valence-electron chi connectivity index (χ2n) is 2.95. The van der Waals surface area contributed by atoms with Gasteiger partial charge in [0, 0.05) is 6.61 Å². The van der Waals surface area contributed by atoms with Crippen LogP contribution in [0.15, 0.2) is 4.79 Å². The van der Waals surface area contributed by atoms with Gasteiger partial charge in [0.2, 0.25) is 5.82 Å². The summed E-state index contributed by atoms with van der Waals surface area (Å²) in [5.74, 6) is -0.479. The molecular weight excluding hydrogens is 187 g/mol. The van der Waals surface area contributed by atoms with E-state index in [-0.39, 0.29) is 11.8 Å². The summed E-state index contributed by atoms with van der Waals surface area (Å²) in [5.41, 5.74) is -0.658. The molecule has 4 nitrogen and oxygen atoms in total. The highest BCUT2D eigenvalue weighted by Gasteiger charge is 2.12. The summed E-state index contributed by atoms with van der Waals surface area (Å²) in [5, 5.41) is 0. The van der Waals surface area contributed by atoms with Crippen LogP contribution < -0.4 is 5.56 Å². The average Bonchev–Trinajstić information content (AvgIpc) is 2.13. The van der Waals surface area contributed by atoms with Gasteiger partial charge in [-0.25, -0.2) is 4.98 Å². The predicted octanol–water partition coefficient (Wildman–Crippen LogP) is 1.31. The van der Waals surface area contributed by atoms with Crippen molar-refractivity contribution in [3.8, 4) is 0 Å². The van der Waals surface area contributed by atoms with E-state index in [1.165, 1.54) is 6.92 Å². The van der Waals surface area contributed by atoms with Crippen molar-refractivity contribution in [2.45, 2.75) is 26.9 Å². The fourth-order valence-electron chi connectivity index (χ4n) is 1.11. The van der Waals surface area contributed by atoms with Gasteiger partial charge >= 0.3 is 0 Å². The third-order valence-electron chi connectivity index (χ3n) is 1.85. The van der Waals surface area contributed by atoms with E-state index in [1.54, 1.807) is 6.92 Å². The molecule has 0 aliphatic rings. The lowest BCUT2D eigenvalue weighted by molar-refractivity contribution is 0.0695. The van der Waals surface area contributed by atoms with Crippen LogP contribution in [0.25, 0.3) is 0 Å². The maximum atomic E-state index is 12.9. The maximum Gasteiger partial charge on any atom is 0.287 e. The van der Waals surface area contributed by atoms with Crippen LogP contribution in [0.1, 0.15) is 31.5 Å². The molecule has 0 aliphatic heterocycles. The van der Waals surface area contributed by atoms with Crippen LogP contribution in [0.4, 0.5) is 4.39 Å². The van der Waals surface area contributed by atoms with Crippen molar-refractivity contribution < 1.29 is 9.13 Å². The number of nitrogens with zero attached hydrogens (tertiary/aromatic N) is 1. The van der Waals surface area contributed by atoms with Crippen LogP contribution in [-0.2, 0) is 4.74 Å². The molecule has 0 bridgehead atoms. The lowest BCUT2D eigenvalue weighted by Gasteiger charge is -2.10. The van der Waals surface area contributed by atoms with E-state index in [0.29, 0.717) is 12.4 Å². The first kappa shape index (κ1) is 10.8. The molecule has 5 heteroatoms. The molecule has 0 radical (unpaired) electrons. The number of halogens is 1. The molecule has 1 unspecified atom stereocenters. The Morgan fingerprint density at radius 1 is 1.64 bits per heavy atom. The number of rotatable bonds is 3. The third-order valence-corrected chi connectivity index (χ3v) is 1.85. The zero-order chi connectivity index (χ0) is 10.7. The lowest BCUT2D eigenvalue weighted by atomic mass is 10.3. The molecule has 1 aromatic rings. The van der Waals surface area contributed by atoms with Crippen molar-refractivity contribution in [2.75, 3.05) is 6.61 Å². The normalized spacial score (nSPS) is 12.9. The van der Waals surface area contributed by atoms with Crippen LogP contribution in [0, 0.1) is 12.7 Å². The smallest absolute Gasteiger partial charge is 0.287 e. The first-order valence-electron chi connectivity index (χ1n) is 4.44.